The minimum absolute atomic E-state index is 0.617. The topological polar surface area (TPSA) is 0 Å². The van der Waals surface area contributed by atoms with Gasteiger partial charge in [-0.25, -0.2) is 0 Å². The minimum atomic E-state index is -1.77. The van der Waals surface area contributed by atoms with Gasteiger partial charge in [-0.2, -0.15) is 0 Å². The average molecular weight is 616 g/mol. The van der Waals surface area contributed by atoms with Crippen molar-refractivity contribution in [2.45, 2.75) is 39.0 Å². The molecule has 0 nitrogen and oxygen atoms in total. The molecule has 36 heavy (non-hydrogen) atoms. The molecule has 0 fully saturated rings. The van der Waals surface area contributed by atoms with Crippen LogP contribution in [-0.2, 0) is 12.3 Å². The molecule has 4 aromatic carbocycles. The maximum absolute atomic E-state index is 4.95. The van der Waals surface area contributed by atoms with Crippen LogP contribution in [-0.4, -0.2) is 11.3 Å². The van der Waals surface area contributed by atoms with Gasteiger partial charge in [-0.1, -0.05) is 72.8 Å². The van der Waals surface area contributed by atoms with Gasteiger partial charge in [0.2, 0.25) is 0 Å². The Hall–Kier alpha value is -0.806. The van der Waals surface area contributed by atoms with E-state index in [9.17, 15) is 0 Å². The molecule has 0 bridgehead atoms. The number of benzene rings is 4. The molecule has 4 rings (SSSR count). The molecule has 0 aliphatic carbocycles. The van der Waals surface area contributed by atoms with Gasteiger partial charge in [0.05, 0.1) is 48.4 Å². The van der Waals surface area contributed by atoms with Crippen molar-refractivity contribution in [2.24, 2.45) is 0 Å². The van der Waals surface area contributed by atoms with E-state index in [-0.39, 0.29) is 0 Å². The Bertz CT molecular complexity index is 911. The van der Waals surface area contributed by atoms with Crippen molar-refractivity contribution in [2.75, 3.05) is 0 Å². The quantitative estimate of drug-likeness (QED) is 0.191. The summed E-state index contributed by atoms with van der Waals surface area (Å²) >= 11 is -1.77. The summed E-state index contributed by atoms with van der Waals surface area (Å²) < 4.78 is 0. The molecule has 0 aliphatic rings. The van der Waals surface area contributed by atoms with Gasteiger partial charge < -0.3 is 0 Å². The molecule has 4 aromatic rings. The zero-order valence-electron chi connectivity index (χ0n) is 21.3. The summed E-state index contributed by atoms with van der Waals surface area (Å²) in [7, 11) is 13.6. The first-order chi connectivity index (χ1) is 17.3. The van der Waals surface area contributed by atoms with Crippen LogP contribution < -0.4 is 21.2 Å². The van der Waals surface area contributed by atoms with E-state index in [0.29, 0.717) is 0 Å². The van der Waals surface area contributed by atoms with Crippen LogP contribution in [0.3, 0.4) is 0 Å². The van der Waals surface area contributed by atoms with E-state index in [4.69, 9.17) is 29.5 Å². The Balaban J connectivity index is 0.000000221. The predicted octanol–water partition coefficient (Wildman–Crippen LogP) is 8.59. The van der Waals surface area contributed by atoms with Gasteiger partial charge in [-0.05, 0) is 76.2 Å². The van der Waals surface area contributed by atoms with E-state index in [0.717, 1.165) is 11.3 Å². The molecule has 0 aromatic heterocycles. The normalized spacial score (nSPS) is 10.8. The zero-order chi connectivity index (χ0) is 26.3. The van der Waals surface area contributed by atoms with Crippen molar-refractivity contribution in [1.29, 1.82) is 0 Å². The third-order valence-corrected chi connectivity index (χ3v) is 11.6. The summed E-state index contributed by atoms with van der Waals surface area (Å²) in [6.07, 6.45) is 0. The fourth-order valence-corrected chi connectivity index (χ4v) is 9.68. The molecule has 190 valence electrons. The second-order valence-electron chi connectivity index (χ2n) is 8.79. The monoisotopic (exact) mass is 614 g/mol. The molecule has 0 unspecified atom stereocenters. The van der Waals surface area contributed by atoms with Crippen molar-refractivity contribution >= 4 is 66.6 Å². The first-order valence-corrected chi connectivity index (χ1v) is 21.0. The van der Waals surface area contributed by atoms with Gasteiger partial charge in [-0.3, -0.25) is 0 Å². The maximum atomic E-state index is 4.95. The van der Waals surface area contributed by atoms with Crippen molar-refractivity contribution in [3.8, 4) is 0 Å². The van der Waals surface area contributed by atoms with Gasteiger partial charge in [0, 0.05) is 0 Å². The summed E-state index contributed by atoms with van der Waals surface area (Å²) in [5.41, 5.74) is 1.43. The fraction of sp³-hybridized carbons (Fsp3) is 0.200. The van der Waals surface area contributed by atoms with Gasteiger partial charge in [-0.15, -0.1) is 0 Å². The van der Waals surface area contributed by atoms with Crippen LogP contribution in [0.5, 0.6) is 0 Å². The van der Waals surface area contributed by atoms with E-state index in [1.165, 1.54) is 21.2 Å². The van der Waals surface area contributed by atoms with E-state index in [2.05, 4.69) is 149 Å². The van der Waals surface area contributed by atoms with E-state index in [1.807, 2.05) is 0 Å². The van der Waals surface area contributed by atoms with Crippen LogP contribution in [0.1, 0.15) is 27.7 Å². The van der Waals surface area contributed by atoms with Crippen molar-refractivity contribution in [3.63, 3.8) is 0 Å². The standard InChI is InChI=1S/2C15H17P.3ClH.V/c2*1-13(2)16(14-9-5-3-6-10-14)15-11-7-4-8-12-15;;;;/h2*3-13H,1-2H3;3*1H;/q;;;;;+3/p-1. The van der Waals surface area contributed by atoms with Crippen LogP contribution in [0, 0.1) is 0 Å². The molecule has 0 radical (unpaired) electrons. The molecular formula is C30H36Cl3P2V+2. The second-order valence-corrected chi connectivity index (χ2v) is 22.0. The Labute approximate surface area is 237 Å². The third kappa shape index (κ3) is 11.3. The average Bonchev–Trinajstić information content (AvgIpc) is 2.87. The second kappa shape index (κ2) is 17.7. The van der Waals surface area contributed by atoms with E-state index >= 15 is 0 Å². The van der Waals surface area contributed by atoms with Gasteiger partial charge in [0.15, 0.2) is 0 Å². The Morgan fingerprint density at radius 1 is 0.417 bits per heavy atom. The van der Waals surface area contributed by atoms with Crippen LogP contribution in [0.4, 0.5) is 0 Å². The number of hydrogen-bond donors (Lipinski definition) is 0. The van der Waals surface area contributed by atoms with E-state index in [1.54, 1.807) is 0 Å². The summed E-state index contributed by atoms with van der Waals surface area (Å²) in [5, 5.41) is 6.03. The third-order valence-electron chi connectivity index (χ3n) is 5.49. The summed E-state index contributed by atoms with van der Waals surface area (Å²) in [6.45, 7) is 9.31. The molecule has 6 heteroatoms. The number of halogens is 3. The molecule has 0 amide bonds. The SMILES string of the molecule is CC(C)[PH+](c1ccccc1)c1ccccc1.CC(C)[PH+](c1ccccc1)c1ccccc1.[Cl][V]([Cl])[Cl]. The molecule has 0 saturated carbocycles. The molecule has 0 saturated heterocycles. The molecule has 0 atom stereocenters. The van der Waals surface area contributed by atoms with Gasteiger partial charge in [0.25, 0.3) is 0 Å². The summed E-state index contributed by atoms with van der Waals surface area (Å²) in [6, 6.07) is 43.6. The Morgan fingerprint density at radius 3 is 0.722 bits per heavy atom. The number of hydrogen-bond acceptors (Lipinski definition) is 0. The first-order valence-electron chi connectivity index (χ1n) is 12.0. The molecule has 0 heterocycles. The molecule has 0 spiro atoms. The fourth-order valence-electron chi connectivity index (χ4n) is 4.14. The van der Waals surface area contributed by atoms with E-state index < -0.39 is 28.1 Å². The molecule has 0 N–H and O–H groups in total. The van der Waals surface area contributed by atoms with Crippen LogP contribution in [0.2, 0.25) is 0 Å². The summed E-state index contributed by atoms with van der Waals surface area (Å²) in [4.78, 5) is 0. The van der Waals surface area contributed by atoms with Crippen LogP contribution >= 0.6 is 45.4 Å². The number of rotatable bonds is 6. The van der Waals surface area contributed by atoms with Crippen LogP contribution in [0.25, 0.3) is 0 Å². The summed E-state index contributed by atoms with van der Waals surface area (Å²) in [5.74, 6) is 0. The molecular weight excluding hydrogens is 580 g/mol. The van der Waals surface area contributed by atoms with Crippen molar-refractivity contribution in [1.82, 2.24) is 0 Å². The van der Waals surface area contributed by atoms with Crippen molar-refractivity contribution in [3.05, 3.63) is 121 Å². The van der Waals surface area contributed by atoms with Gasteiger partial charge in [0.1, 0.15) is 0 Å². The Kier molecular flexibility index (Phi) is 15.4. The van der Waals surface area contributed by atoms with Gasteiger partial charge >= 0.3 is 41.8 Å². The Morgan fingerprint density at radius 2 is 0.583 bits per heavy atom. The van der Waals surface area contributed by atoms with Crippen molar-refractivity contribution < 1.29 is 12.3 Å². The van der Waals surface area contributed by atoms with Crippen LogP contribution in [0.15, 0.2) is 121 Å². The first kappa shape index (κ1) is 31.4. The molecule has 0 aliphatic heterocycles. The predicted molar refractivity (Wildman–Crippen MR) is 169 cm³/mol. The zero-order valence-corrected chi connectivity index (χ0v) is 26.9.